The van der Waals surface area contributed by atoms with Crippen molar-refractivity contribution in [2.75, 3.05) is 70.5 Å². The van der Waals surface area contributed by atoms with Gasteiger partial charge in [0.05, 0.1) is 35.2 Å². The van der Waals surface area contributed by atoms with E-state index < -0.39 is 9.71 Å². The van der Waals surface area contributed by atoms with Gasteiger partial charge in [0.25, 0.3) is 5.91 Å². The van der Waals surface area contributed by atoms with Gasteiger partial charge in [0.1, 0.15) is 5.75 Å². The molecule has 0 aromatic heterocycles. The first-order valence-electron chi connectivity index (χ1n) is 19.3. The lowest BCUT2D eigenvalue weighted by atomic mass is 9.65. The molecule has 2 aromatic carbocycles. The molecule has 2 bridgehead atoms. The molecule has 10 heteroatoms. The number of aryl methyl sites for hydroxylation is 1. The molecule has 3 fully saturated rings. The van der Waals surface area contributed by atoms with Crippen molar-refractivity contribution < 1.29 is 18.5 Å². The highest BCUT2D eigenvalue weighted by molar-refractivity contribution is 7.99. The number of amides is 1. The van der Waals surface area contributed by atoms with Gasteiger partial charge in [-0.15, -0.1) is 0 Å². The van der Waals surface area contributed by atoms with E-state index in [0.29, 0.717) is 36.0 Å². The quantitative estimate of drug-likeness (QED) is 0.308. The summed E-state index contributed by atoms with van der Waals surface area (Å²) in [4.78, 5) is 21.6. The molecule has 2 saturated heterocycles. The first-order chi connectivity index (χ1) is 24.6. The topological polar surface area (TPSA) is 74.4 Å². The van der Waals surface area contributed by atoms with Crippen LogP contribution in [0.25, 0.3) is 0 Å². The Morgan fingerprint density at radius 2 is 1.98 bits per heavy atom. The van der Waals surface area contributed by atoms with Gasteiger partial charge in [-0.05, 0) is 116 Å². The zero-order valence-electron chi connectivity index (χ0n) is 30.4. The van der Waals surface area contributed by atoms with Crippen LogP contribution in [-0.4, -0.2) is 103 Å². The number of nitrogens with one attached hydrogen (secondary N) is 1. The van der Waals surface area contributed by atoms with Crippen molar-refractivity contribution in [3.63, 3.8) is 0 Å². The van der Waals surface area contributed by atoms with Crippen molar-refractivity contribution in [1.82, 2.24) is 14.5 Å². The Hall–Kier alpha value is -2.56. The molecule has 1 spiro atoms. The molecule has 4 aliphatic heterocycles. The highest BCUT2D eigenvalue weighted by Gasteiger charge is 2.45. The van der Waals surface area contributed by atoms with E-state index in [1.54, 1.807) is 0 Å². The standard InChI is InChI=1S/C41H55ClN4O4S/c1-28-6-4-7-32(22-44-16-17-45-18-19-49-25-35(45)24-44)36-12-9-33(36)23-46-26-41(15-5-8-30-20-34(42)11-13-37(30)41)27-50-39-14-10-31(21-38(39)46)40(47)43-51(3,48)29(28)2/h4,7,10-11,13-14,20-21,28-29,32-33,35-36H,3,5-6,8-9,12,15-19,22-27H2,1-2H3,(H,43,47,48)/b7-4+/t28-,29+,32-,33-,35-,36-,41-,51?/m0/s1. The fraction of sp³-hybridized carbons (Fsp3) is 0.610. The maximum atomic E-state index is 14.0. The lowest BCUT2D eigenvalue weighted by molar-refractivity contribution is -0.0492. The molecule has 276 valence electrons. The fourth-order valence-electron chi connectivity index (χ4n) is 9.88. The number of ether oxygens (including phenoxy) is 2. The minimum absolute atomic E-state index is 0.0978. The second-order valence-electron chi connectivity index (χ2n) is 16.5. The monoisotopic (exact) mass is 734 g/mol. The normalized spacial score (nSPS) is 36.8. The van der Waals surface area contributed by atoms with Gasteiger partial charge in [-0.25, -0.2) is 4.21 Å². The van der Waals surface area contributed by atoms with Gasteiger partial charge in [0.2, 0.25) is 0 Å². The smallest absolute Gasteiger partial charge is 0.262 e. The summed E-state index contributed by atoms with van der Waals surface area (Å²) < 4.78 is 29.5. The van der Waals surface area contributed by atoms with Crippen LogP contribution >= 0.6 is 11.6 Å². The predicted molar refractivity (Wildman–Crippen MR) is 208 cm³/mol. The number of piperazine rings is 1. The lowest BCUT2D eigenvalue weighted by Gasteiger charge is -2.48. The number of rotatable bonds is 2. The molecule has 8 rings (SSSR count). The molecule has 2 aromatic rings. The first kappa shape index (κ1) is 35.5. The number of allylic oxidation sites excluding steroid dienone is 1. The van der Waals surface area contributed by atoms with E-state index in [2.05, 4.69) is 56.5 Å². The minimum atomic E-state index is -2.91. The van der Waals surface area contributed by atoms with Gasteiger partial charge >= 0.3 is 0 Å². The number of hydrogen-bond acceptors (Lipinski definition) is 7. The largest absolute Gasteiger partial charge is 0.490 e. The van der Waals surface area contributed by atoms with Crippen LogP contribution in [0, 0.1) is 23.7 Å². The number of anilines is 1. The molecule has 51 heavy (non-hydrogen) atoms. The number of hydrogen-bond donors (Lipinski definition) is 1. The van der Waals surface area contributed by atoms with Crippen molar-refractivity contribution in [3.8, 4) is 5.75 Å². The Morgan fingerprint density at radius 1 is 1.10 bits per heavy atom. The van der Waals surface area contributed by atoms with E-state index in [9.17, 15) is 9.00 Å². The molecule has 1 amide bonds. The molecular formula is C41H55ClN4O4S. The second kappa shape index (κ2) is 14.3. The number of carbonyl (C=O) groups excluding carboxylic acids is 1. The van der Waals surface area contributed by atoms with Gasteiger partial charge in [-0.3, -0.25) is 19.3 Å². The summed E-state index contributed by atoms with van der Waals surface area (Å²) in [5.41, 5.74) is 3.92. The minimum Gasteiger partial charge on any atom is -0.490 e. The molecule has 1 N–H and O–H groups in total. The predicted octanol–water partition coefficient (Wildman–Crippen LogP) is 5.82. The summed E-state index contributed by atoms with van der Waals surface area (Å²) in [5, 5.41) is 0.498. The maximum absolute atomic E-state index is 14.0. The summed E-state index contributed by atoms with van der Waals surface area (Å²) in [7, 11) is -2.91. The van der Waals surface area contributed by atoms with Crippen LogP contribution in [0.5, 0.6) is 5.75 Å². The van der Waals surface area contributed by atoms with Gasteiger partial charge in [0.15, 0.2) is 0 Å². The Kier molecular flexibility index (Phi) is 9.98. The van der Waals surface area contributed by atoms with Crippen LogP contribution in [-0.2, 0) is 26.3 Å². The van der Waals surface area contributed by atoms with Crippen molar-refractivity contribution in [1.29, 1.82) is 0 Å². The Balaban J connectivity index is 1.15. The van der Waals surface area contributed by atoms with Crippen molar-refractivity contribution in [2.45, 2.75) is 69.1 Å². The zero-order chi connectivity index (χ0) is 35.3. The average molecular weight is 735 g/mol. The lowest BCUT2D eigenvalue weighted by Crippen LogP contribution is -2.59. The van der Waals surface area contributed by atoms with Gasteiger partial charge < -0.3 is 14.4 Å². The van der Waals surface area contributed by atoms with E-state index >= 15 is 0 Å². The Bertz CT molecular complexity index is 1770. The molecule has 4 heterocycles. The van der Waals surface area contributed by atoms with Gasteiger partial charge in [-0.1, -0.05) is 36.7 Å². The van der Waals surface area contributed by atoms with Crippen LogP contribution in [0.3, 0.4) is 0 Å². The van der Waals surface area contributed by atoms with Crippen LogP contribution in [0.2, 0.25) is 5.02 Å². The van der Waals surface area contributed by atoms with Crippen molar-refractivity contribution in [2.24, 2.45) is 23.7 Å². The van der Waals surface area contributed by atoms with E-state index in [4.69, 9.17) is 21.1 Å². The summed E-state index contributed by atoms with van der Waals surface area (Å²) in [6.45, 7) is 13.4. The average Bonchev–Trinajstić information content (AvgIpc) is 3.25. The highest BCUT2D eigenvalue weighted by atomic mass is 35.5. The summed E-state index contributed by atoms with van der Waals surface area (Å²) in [5.74, 6) is 6.15. The molecule has 8 atom stereocenters. The molecule has 2 aliphatic carbocycles. The Morgan fingerprint density at radius 3 is 2.82 bits per heavy atom. The molecule has 8 nitrogen and oxygen atoms in total. The third-order valence-electron chi connectivity index (χ3n) is 13.3. The number of fused-ring (bicyclic) bond motifs is 5. The third-order valence-corrected chi connectivity index (χ3v) is 15.8. The van der Waals surface area contributed by atoms with E-state index in [-0.39, 0.29) is 22.5 Å². The number of benzene rings is 2. The molecule has 1 saturated carbocycles. The molecule has 6 aliphatic rings. The van der Waals surface area contributed by atoms with Crippen molar-refractivity contribution in [3.05, 3.63) is 70.3 Å². The second-order valence-corrected chi connectivity index (χ2v) is 19.3. The number of morpholine rings is 1. The molecule has 0 radical (unpaired) electrons. The maximum Gasteiger partial charge on any atom is 0.262 e. The van der Waals surface area contributed by atoms with Gasteiger partial charge in [-0.2, -0.15) is 0 Å². The van der Waals surface area contributed by atoms with E-state index in [1.807, 2.05) is 31.2 Å². The highest BCUT2D eigenvalue weighted by Crippen LogP contribution is 2.48. The zero-order valence-corrected chi connectivity index (χ0v) is 31.9. The van der Waals surface area contributed by atoms with Crippen LogP contribution in [0.15, 0.2) is 48.6 Å². The van der Waals surface area contributed by atoms with Crippen molar-refractivity contribution >= 4 is 38.8 Å². The SMILES string of the molecule is C=S1(=O)NC(=O)c2ccc3c(c2)N(C[C@@H]2CC[C@H]2[C@H](CN2CCN4CCOC[C@@H]4C2)/C=C/C[C@H](C)[C@H]1C)C[C@@]1(CCCc2cc(Cl)ccc21)CO3. The summed E-state index contributed by atoms with van der Waals surface area (Å²) in [6, 6.07) is 12.6. The van der Waals surface area contributed by atoms with Crippen LogP contribution in [0.1, 0.15) is 67.4 Å². The summed E-state index contributed by atoms with van der Waals surface area (Å²) in [6.07, 6.45) is 11.2. The summed E-state index contributed by atoms with van der Waals surface area (Å²) >= 11 is 6.51. The fourth-order valence-corrected chi connectivity index (χ4v) is 11.6. The third kappa shape index (κ3) is 7.10. The number of halogens is 1. The molecule has 1 unspecified atom stereocenters. The first-order valence-corrected chi connectivity index (χ1v) is 21.4. The van der Waals surface area contributed by atoms with Crippen LogP contribution < -0.4 is 14.4 Å². The number of carbonyl (C=O) groups is 1. The van der Waals surface area contributed by atoms with E-state index in [0.717, 1.165) is 101 Å². The van der Waals surface area contributed by atoms with Gasteiger partial charge in [0, 0.05) is 73.1 Å². The number of nitrogens with zero attached hydrogens (tertiary/aromatic N) is 3. The Labute approximate surface area is 310 Å². The van der Waals surface area contributed by atoms with E-state index in [1.165, 1.54) is 24.0 Å². The molecular weight excluding hydrogens is 680 g/mol. The van der Waals surface area contributed by atoms with Crippen LogP contribution in [0.4, 0.5) is 5.69 Å².